The fourth-order valence-corrected chi connectivity index (χ4v) is 9.56. The number of aromatic nitrogens is 5. The van der Waals surface area contributed by atoms with Gasteiger partial charge in [-0.05, 0) is 104 Å². The Morgan fingerprint density at radius 3 is 1.61 bits per heavy atom. The zero-order valence-electron chi connectivity index (χ0n) is 41.6. The van der Waals surface area contributed by atoms with E-state index >= 15 is 0 Å². The Kier molecular flexibility index (Phi) is 15.1. The normalized spacial score (nSPS) is 12.2. The van der Waals surface area contributed by atoms with Crippen molar-refractivity contribution in [3.05, 3.63) is 140 Å². The lowest BCUT2D eigenvalue weighted by Gasteiger charge is -2.31. The number of methoxy groups -OCH3 is 2. The Labute approximate surface area is 435 Å². The van der Waals surface area contributed by atoms with Gasteiger partial charge in [0.2, 0.25) is 0 Å². The summed E-state index contributed by atoms with van der Waals surface area (Å²) in [5.74, 6) is 2.53. The topological polar surface area (TPSA) is 167 Å². The van der Waals surface area contributed by atoms with Gasteiger partial charge in [-0.15, -0.1) is 0 Å². The fourth-order valence-electron chi connectivity index (χ4n) is 7.83. The van der Waals surface area contributed by atoms with Crippen LogP contribution in [0.25, 0.3) is 45.0 Å². The van der Waals surface area contributed by atoms with Crippen molar-refractivity contribution >= 4 is 63.0 Å². The van der Waals surface area contributed by atoms with Gasteiger partial charge < -0.3 is 38.8 Å². The van der Waals surface area contributed by atoms with Gasteiger partial charge in [0.05, 0.1) is 41.5 Å². The zero-order valence-corrected chi connectivity index (χ0v) is 44.8. The van der Waals surface area contributed by atoms with Crippen molar-refractivity contribution in [2.75, 3.05) is 28.3 Å². The molecular formula is C53H55BBrN7O8S2. The van der Waals surface area contributed by atoms with Crippen molar-refractivity contribution in [3.63, 3.8) is 0 Å². The molecule has 0 unspecified atom stereocenters. The molecule has 3 aromatic carbocycles. The van der Waals surface area contributed by atoms with Gasteiger partial charge in [-0.3, -0.25) is 14.6 Å². The SMILES string of the molecule is COc1cc2c(cc1-c1cccnc1)-c1c(c(C(=O)N(C)C(C)(C)C)nn1-c1ccsc1)CO2.COc1cc2c(cc1Br)-c1c(c(C(=O)N(C)C(C)(C)C)nn1-c1ccsc1)CO2.OB(O)c1ccccc1. The molecule has 0 saturated heterocycles. The number of amides is 2. The Morgan fingerprint density at radius 2 is 1.19 bits per heavy atom. The minimum Gasteiger partial charge on any atom is -0.496 e. The third-order valence-corrected chi connectivity index (χ3v) is 14.3. The number of nitrogens with zero attached hydrogens (tertiary/aromatic N) is 7. The lowest BCUT2D eigenvalue weighted by atomic mass is 9.81. The second kappa shape index (κ2) is 21.1. The van der Waals surface area contributed by atoms with E-state index in [0.29, 0.717) is 39.8 Å². The van der Waals surface area contributed by atoms with Crippen molar-refractivity contribution in [1.82, 2.24) is 34.3 Å². The maximum Gasteiger partial charge on any atom is 0.488 e. The molecule has 19 heteroatoms. The highest BCUT2D eigenvalue weighted by molar-refractivity contribution is 9.10. The summed E-state index contributed by atoms with van der Waals surface area (Å²) in [5.41, 5.74) is 9.37. The number of halogens is 1. The van der Waals surface area contributed by atoms with Crippen LogP contribution in [0.3, 0.4) is 0 Å². The lowest BCUT2D eigenvalue weighted by molar-refractivity contribution is 0.0637. The number of rotatable bonds is 8. The fraction of sp³-hybridized carbons (Fsp3) is 0.264. The molecular weight excluding hydrogens is 1020 g/mol. The molecule has 10 rings (SSSR count). The number of carbonyl (C=O) groups excluding carboxylic acids is 2. The van der Waals surface area contributed by atoms with Crippen LogP contribution in [-0.4, -0.2) is 103 Å². The van der Waals surface area contributed by atoms with Crippen molar-refractivity contribution in [3.8, 4) is 68.0 Å². The van der Waals surface area contributed by atoms with Crippen LogP contribution >= 0.6 is 38.6 Å². The van der Waals surface area contributed by atoms with E-state index < -0.39 is 7.12 Å². The Bertz CT molecular complexity index is 3210. The minimum atomic E-state index is -1.34. The van der Waals surface area contributed by atoms with Crippen LogP contribution in [0.4, 0.5) is 0 Å². The van der Waals surface area contributed by atoms with Gasteiger partial charge >= 0.3 is 7.12 Å². The quantitative estimate of drug-likeness (QED) is 0.139. The molecule has 372 valence electrons. The van der Waals surface area contributed by atoms with Crippen molar-refractivity contribution in [1.29, 1.82) is 0 Å². The second-order valence-corrected chi connectivity index (χ2v) is 21.3. The van der Waals surface area contributed by atoms with Crippen LogP contribution in [-0.2, 0) is 13.2 Å². The van der Waals surface area contributed by atoms with Gasteiger partial charge in [-0.2, -0.15) is 32.9 Å². The molecule has 0 atom stereocenters. The van der Waals surface area contributed by atoms with Crippen LogP contribution < -0.4 is 24.4 Å². The van der Waals surface area contributed by atoms with Gasteiger partial charge in [0.15, 0.2) is 11.4 Å². The van der Waals surface area contributed by atoms with E-state index in [1.807, 2.05) is 127 Å². The van der Waals surface area contributed by atoms with Crippen molar-refractivity contribution < 1.29 is 38.6 Å². The Hall–Kier alpha value is -6.77. The molecule has 2 amide bonds. The van der Waals surface area contributed by atoms with Crippen LogP contribution in [0.1, 0.15) is 73.6 Å². The monoisotopic (exact) mass is 1070 g/mol. The molecule has 0 radical (unpaired) electrons. The Morgan fingerprint density at radius 1 is 0.694 bits per heavy atom. The molecule has 0 spiro atoms. The number of hydrogen-bond acceptors (Lipinski definition) is 13. The highest BCUT2D eigenvalue weighted by Crippen LogP contribution is 2.47. The summed E-state index contributed by atoms with van der Waals surface area (Å²) in [5, 5.41) is 34.8. The minimum absolute atomic E-state index is 0.123. The van der Waals surface area contributed by atoms with Gasteiger partial charge in [0.1, 0.15) is 36.2 Å². The summed E-state index contributed by atoms with van der Waals surface area (Å²) >= 11 is 6.73. The number of pyridine rings is 1. The highest BCUT2D eigenvalue weighted by Gasteiger charge is 2.36. The summed E-state index contributed by atoms with van der Waals surface area (Å²) in [6.07, 6.45) is 3.54. The standard InChI is InChI=1S/C26H26N4O3S.C21H22BrN3O3S.C6H7BO2/c1-26(2,3)29(4)25(31)23-20-14-33-22-12-21(32-5)18(16-7-6-9-27-13-16)11-19(22)24(20)30(28-23)17-8-10-34-15-17;1-21(2,3)24(4)20(26)18-14-10-28-16-9-17(27-5)15(22)8-13(16)19(14)25(23-18)12-6-7-29-11-12;8-7(9)6-4-2-1-3-5-6/h6-13,15H,14H2,1-5H3;6-9,11H,10H2,1-5H3;1-5,8-9H. The van der Waals surface area contributed by atoms with Gasteiger partial charge in [0, 0.05) is 93.8 Å². The third-order valence-electron chi connectivity index (χ3n) is 12.4. The van der Waals surface area contributed by atoms with Gasteiger partial charge in [-0.25, -0.2) is 9.36 Å². The van der Waals surface area contributed by atoms with E-state index in [9.17, 15) is 9.59 Å². The molecule has 0 aliphatic carbocycles. The van der Waals surface area contributed by atoms with E-state index in [1.54, 1.807) is 97.4 Å². The third kappa shape index (κ3) is 10.4. The largest absolute Gasteiger partial charge is 0.496 e. The molecule has 0 fully saturated rings. The number of fused-ring (bicyclic) bond motifs is 6. The molecule has 8 aromatic rings. The maximum atomic E-state index is 13.5. The molecule has 7 heterocycles. The van der Waals surface area contributed by atoms with E-state index in [-0.39, 0.29) is 36.1 Å². The molecule has 0 saturated carbocycles. The molecule has 2 aliphatic rings. The molecule has 72 heavy (non-hydrogen) atoms. The molecule has 0 bridgehead atoms. The molecule has 5 aromatic heterocycles. The van der Waals surface area contributed by atoms with Crippen molar-refractivity contribution in [2.45, 2.75) is 65.8 Å². The average Bonchev–Trinajstić information content (AvgIpc) is 4.22. The first-order valence-electron chi connectivity index (χ1n) is 22.8. The maximum absolute atomic E-state index is 13.5. The first-order chi connectivity index (χ1) is 34.3. The lowest BCUT2D eigenvalue weighted by Crippen LogP contribution is -2.43. The summed E-state index contributed by atoms with van der Waals surface area (Å²) in [4.78, 5) is 34.5. The van der Waals surface area contributed by atoms with E-state index in [1.165, 1.54) is 0 Å². The average molecular weight is 1070 g/mol. The van der Waals surface area contributed by atoms with Gasteiger partial charge in [0.25, 0.3) is 11.8 Å². The number of ether oxygens (including phenoxy) is 4. The predicted octanol–water partition coefficient (Wildman–Crippen LogP) is 9.94. The van der Waals surface area contributed by atoms with Gasteiger partial charge in [-0.1, -0.05) is 36.4 Å². The first kappa shape index (κ1) is 51.6. The van der Waals surface area contributed by atoms with Crippen molar-refractivity contribution in [2.24, 2.45) is 0 Å². The molecule has 2 N–H and O–H groups in total. The van der Waals surface area contributed by atoms with Crippen LogP contribution in [0.5, 0.6) is 23.0 Å². The first-order valence-corrected chi connectivity index (χ1v) is 25.5. The molecule has 2 aliphatic heterocycles. The van der Waals surface area contributed by atoms with Crippen LogP contribution in [0.2, 0.25) is 0 Å². The van der Waals surface area contributed by atoms with Crippen LogP contribution in [0.15, 0.2) is 117 Å². The number of benzene rings is 3. The summed E-state index contributed by atoms with van der Waals surface area (Å²) in [6.45, 7) is 12.5. The smallest absolute Gasteiger partial charge is 0.488 e. The number of thiophene rings is 2. The second-order valence-electron chi connectivity index (χ2n) is 18.8. The number of hydrogen-bond donors (Lipinski definition) is 2. The van der Waals surface area contributed by atoms with E-state index in [2.05, 4.69) is 20.9 Å². The highest BCUT2D eigenvalue weighted by atomic mass is 79.9. The van der Waals surface area contributed by atoms with Crippen LogP contribution in [0, 0.1) is 0 Å². The predicted molar refractivity (Wildman–Crippen MR) is 286 cm³/mol. The summed E-state index contributed by atoms with van der Waals surface area (Å²) in [7, 11) is 5.53. The van der Waals surface area contributed by atoms with E-state index in [4.69, 9.17) is 39.2 Å². The molecule has 15 nitrogen and oxygen atoms in total. The summed E-state index contributed by atoms with van der Waals surface area (Å²) < 4.78 is 27.8. The van der Waals surface area contributed by atoms with E-state index in [0.717, 1.165) is 60.6 Å². The summed E-state index contributed by atoms with van der Waals surface area (Å²) in [6, 6.07) is 24.3. The number of carbonyl (C=O) groups is 2. The Balaban J connectivity index is 0.000000166. The zero-order chi connectivity index (χ0) is 51.6.